The summed E-state index contributed by atoms with van der Waals surface area (Å²) in [6.07, 6.45) is 10.5. The van der Waals surface area contributed by atoms with Gasteiger partial charge in [-0.2, -0.15) is 5.10 Å². The van der Waals surface area contributed by atoms with Crippen molar-refractivity contribution in [2.75, 3.05) is 0 Å². The molecule has 0 bridgehead atoms. The maximum atomic E-state index is 10.3. The third-order valence-corrected chi connectivity index (χ3v) is 1.60. The number of aromatic amines is 1. The molecule has 1 aromatic heterocycles. The van der Waals surface area contributed by atoms with E-state index >= 15 is 0 Å². The van der Waals surface area contributed by atoms with E-state index < -0.39 is 0 Å². The van der Waals surface area contributed by atoms with Crippen molar-refractivity contribution in [3.05, 3.63) is 30.0 Å². The quantitative estimate of drug-likeness (QED) is 0.524. The maximum absolute atomic E-state index is 10.3. The predicted octanol–water partition coefficient (Wildman–Crippen LogP) is 1.62. The van der Waals surface area contributed by atoms with Crippen molar-refractivity contribution in [1.82, 2.24) is 10.2 Å². The molecule has 0 saturated carbocycles. The van der Waals surface area contributed by atoms with Gasteiger partial charge >= 0.3 is 0 Å². The molecule has 0 aliphatic heterocycles. The number of hydrogen-bond acceptors (Lipinski definition) is 2. The highest BCUT2D eigenvalue weighted by Crippen LogP contribution is 2.10. The third kappa shape index (κ3) is 1.74. The number of rotatable bonds is 1. The summed E-state index contributed by atoms with van der Waals surface area (Å²) in [5, 5.41) is 7.61. The van der Waals surface area contributed by atoms with Gasteiger partial charge in [0.15, 0.2) is 0 Å². The first kappa shape index (κ1) is 9.01. The van der Waals surface area contributed by atoms with Gasteiger partial charge < -0.3 is 0 Å². The lowest BCUT2D eigenvalue weighted by Crippen LogP contribution is -1.76. The van der Waals surface area contributed by atoms with E-state index in [1.807, 2.05) is 6.07 Å². The second kappa shape index (κ2) is 4.07. The highest BCUT2D eigenvalue weighted by Gasteiger charge is 1.95. The van der Waals surface area contributed by atoms with E-state index in [1.54, 1.807) is 18.3 Å². The Balaban J connectivity index is 0.000000396. The first-order valence-corrected chi connectivity index (χ1v) is 3.62. The normalized spacial score (nSPS) is 8.77. The molecule has 0 fully saturated rings. The van der Waals surface area contributed by atoms with Gasteiger partial charge in [0.05, 0.1) is 11.7 Å². The molecule has 0 radical (unpaired) electrons. The standard InChI is InChI=1S/C8H6N2O.C2H2/c11-5-6-1-2-8-7(3-6)4-9-10-8;1-2/h1-5H,(H,9,10);1-2H. The molecular formula is C10H8N2O. The molecule has 0 atom stereocenters. The molecule has 2 aromatic rings. The van der Waals surface area contributed by atoms with Crippen LogP contribution in [0.4, 0.5) is 0 Å². The van der Waals surface area contributed by atoms with E-state index in [9.17, 15) is 4.79 Å². The van der Waals surface area contributed by atoms with Gasteiger partial charge in [-0.1, -0.05) is 0 Å². The van der Waals surface area contributed by atoms with E-state index in [4.69, 9.17) is 0 Å². The van der Waals surface area contributed by atoms with Crippen LogP contribution in [-0.2, 0) is 0 Å². The summed E-state index contributed by atoms with van der Waals surface area (Å²) < 4.78 is 0. The molecule has 0 unspecified atom stereocenters. The summed E-state index contributed by atoms with van der Waals surface area (Å²) in [4.78, 5) is 10.3. The number of aldehydes is 1. The van der Waals surface area contributed by atoms with Crippen LogP contribution in [0.3, 0.4) is 0 Å². The number of nitrogens with one attached hydrogen (secondary N) is 1. The van der Waals surface area contributed by atoms with Gasteiger partial charge in [-0.25, -0.2) is 0 Å². The maximum Gasteiger partial charge on any atom is 0.150 e. The summed E-state index contributed by atoms with van der Waals surface area (Å²) in [5.41, 5.74) is 1.63. The molecule has 1 N–H and O–H groups in total. The highest BCUT2D eigenvalue weighted by molar-refractivity contribution is 5.86. The lowest BCUT2D eigenvalue weighted by molar-refractivity contribution is 0.112. The molecule has 1 heterocycles. The molecule has 13 heavy (non-hydrogen) atoms. The SMILES string of the molecule is C#C.O=Cc1ccc2[nH]ncc2c1. The fourth-order valence-electron chi connectivity index (χ4n) is 1.03. The zero-order chi connectivity index (χ0) is 9.68. The minimum absolute atomic E-state index is 0.680. The number of fused-ring (bicyclic) bond motifs is 1. The molecule has 3 heteroatoms. The summed E-state index contributed by atoms with van der Waals surface area (Å²) in [6.45, 7) is 0. The highest BCUT2D eigenvalue weighted by atomic mass is 16.1. The molecule has 64 valence electrons. The molecule has 0 spiro atoms. The average Bonchev–Trinajstić information content (AvgIpc) is 2.67. The average molecular weight is 172 g/mol. The van der Waals surface area contributed by atoms with Crippen LogP contribution >= 0.6 is 0 Å². The lowest BCUT2D eigenvalue weighted by Gasteiger charge is -1.88. The van der Waals surface area contributed by atoms with Crippen molar-refractivity contribution in [1.29, 1.82) is 0 Å². The molecule has 0 aliphatic rings. The van der Waals surface area contributed by atoms with Crippen LogP contribution in [0.5, 0.6) is 0 Å². The van der Waals surface area contributed by atoms with E-state index in [0.717, 1.165) is 17.2 Å². The molecule has 0 amide bonds. The minimum Gasteiger partial charge on any atom is -0.298 e. The van der Waals surface area contributed by atoms with Gasteiger partial charge in [0.25, 0.3) is 0 Å². The van der Waals surface area contributed by atoms with E-state index in [0.29, 0.717) is 5.56 Å². The van der Waals surface area contributed by atoms with Crippen LogP contribution in [0, 0.1) is 12.8 Å². The van der Waals surface area contributed by atoms with E-state index in [-0.39, 0.29) is 0 Å². The van der Waals surface area contributed by atoms with Crippen LogP contribution in [-0.4, -0.2) is 16.5 Å². The number of benzene rings is 1. The molecular weight excluding hydrogens is 164 g/mol. The lowest BCUT2D eigenvalue weighted by atomic mass is 10.2. The van der Waals surface area contributed by atoms with Crippen LogP contribution in [0.1, 0.15) is 10.4 Å². The third-order valence-electron chi connectivity index (χ3n) is 1.60. The largest absolute Gasteiger partial charge is 0.298 e. The van der Waals surface area contributed by atoms with E-state index in [2.05, 4.69) is 23.0 Å². The second-order valence-electron chi connectivity index (χ2n) is 2.33. The van der Waals surface area contributed by atoms with Crippen molar-refractivity contribution in [3.63, 3.8) is 0 Å². The van der Waals surface area contributed by atoms with Crippen LogP contribution in [0.2, 0.25) is 0 Å². The van der Waals surface area contributed by atoms with Gasteiger partial charge in [0.2, 0.25) is 0 Å². The predicted molar refractivity (Wildman–Crippen MR) is 51.4 cm³/mol. The Morgan fingerprint density at radius 2 is 2.15 bits per heavy atom. The first-order chi connectivity index (χ1) is 6.40. The molecule has 1 aromatic carbocycles. The molecule has 0 aliphatic carbocycles. The van der Waals surface area contributed by atoms with Crippen molar-refractivity contribution in [2.24, 2.45) is 0 Å². The first-order valence-electron chi connectivity index (χ1n) is 3.62. The Morgan fingerprint density at radius 1 is 1.38 bits per heavy atom. The molecule has 0 saturated heterocycles. The van der Waals surface area contributed by atoms with Gasteiger partial charge in [-0.15, -0.1) is 12.8 Å². The molecule has 2 rings (SSSR count). The number of nitrogens with zero attached hydrogens (tertiary/aromatic N) is 1. The number of terminal acetylenes is 1. The van der Waals surface area contributed by atoms with Crippen LogP contribution in [0.25, 0.3) is 10.9 Å². The smallest absolute Gasteiger partial charge is 0.150 e. The number of carbonyl (C=O) groups is 1. The van der Waals surface area contributed by atoms with Crippen LogP contribution < -0.4 is 0 Å². The van der Waals surface area contributed by atoms with Crippen molar-refractivity contribution < 1.29 is 4.79 Å². The van der Waals surface area contributed by atoms with E-state index in [1.165, 1.54) is 0 Å². The fraction of sp³-hybridized carbons (Fsp3) is 0. The van der Waals surface area contributed by atoms with Gasteiger partial charge in [-0.05, 0) is 18.2 Å². The van der Waals surface area contributed by atoms with Crippen LogP contribution in [0.15, 0.2) is 24.4 Å². The van der Waals surface area contributed by atoms with Gasteiger partial charge in [-0.3, -0.25) is 9.89 Å². The number of aromatic nitrogens is 2. The number of carbonyl (C=O) groups excluding carboxylic acids is 1. The summed E-state index contributed by atoms with van der Waals surface area (Å²) >= 11 is 0. The minimum atomic E-state index is 0.680. The Bertz CT molecular complexity index is 428. The number of H-pyrrole nitrogens is 1. The summed E-state index contributed by atoms with van der Waals surface area (Å²) in [5.74, 6) is 0. The Labute approximate surface area is 75.8 Å². The monoisotopic (exact) mass is 172 g/mol. The Hall–Kier alpha value is -2.08. The zero-order valence-corrected chi connectivity index (χ0v) is 6.90. The second-order valence-corrected chi connectivity index (χ2v) is 2.33. The Kier molecular flexibility index (Phi) is 2.82. The van der Waals surface area contributed by atoms with Crippen molar-refractivity contribution >= 4 is 17.2 Å². The van der Waals surface area contributed by atoms with Crippen molar-refractivity contribution in [2.45, 2.75) is 0 Å². The van der Waals surface area contributed by atoms with Crippen molar-refractivity contribution in [3.8, 4) is 12.8 Å². The topological polar surface area (TPSA) is 45.8 Å². The number of hydrogen-bond donors (Lipinski definition) is 1. The summed E-state index contributed by atoms with van der Waals surface area (Å²) in [7, 11) is 0. The summed E-state index contributed by atoms with van der Waals surface area (Å²) in [6, 6.07) is 5.39. The fourth-order valence-corrected chi connectivity index (χ4v) is 1.03. The van der Waals surface area contributed by atoms with Gasteiger partial charge in [0, 0.05) is 10.9 Å². The molecule has 3 nitrogen and oxygen atoms in total. The Morgan fingerprint density at radius 3 is 2.85 bits per heavy atom. The zero-order valence-electron chi connectivity index (χ0n) is 6.90. The van der Waals surface area contributed by atoms with Gasteiger partial charge in [0.1, 0.15) is 6.29 Å².